The summed E-state index contributed by atoms with van der Waals surface area (Å²) in [5, 5.41) is 17.6. The Labute approximate surface area is 153 Å². The smallest absolute Gasteiger partial charge is 0.245 e. The van der Waals surface area contributed by atoms with Crippen molar-refractivity contribution in [2.24, 2.45) is 0 Å². The second-order valence-corrected chi connectivity index (χ2v) is 5.68. The van der Waals surface area contributed by atoms with Gasteiger partial charge in [-0.3, -0.25) is 4.79 Å². The third kappa shape index (κ3) is 5.68. The van der Waals surface area contributed by atoms with E-state index in [2.05, 4.69) is 26.2 Å². The first-order valence-corrected chi connectivity index (χ1v) is 7.87. The summed E-state index contributed by atoms with van der Waals surface area (Å²) in [6.45, 7) is 4.31. The number of nitrogens with one attached hydrogen (secondary N) is 2. The molecule has 2 unspecified atom stereocenters. The van der Waals surface area contributed by atoms with Crippen LogP contribution < -0.4 is 15.4 Å². The monoisotopic (exact) mass is 368 g/mol. The molecule has 1 aromatic carbocycles. The molecule has 0 spiro atoms. The van der Waals surface area contributed by atoms with E-state index in [1.165, 1.54) is 0 Å². The Hall–Kier alpha value is -2.19. The first-order valence-electron chi connectivity index (χ1n) is 7.87. The maximum atomic E-state index is 12.7. The van der Waals surface area contributed by atoms with Gasteiger partial charge in [-0.2, -0.15) is 0 Å². The van der Waals surface area contributed by atoms with E-state index in [-0.39, 0.29) is 24.4 Å². The van der Waals surface area contributed by atoms with Crippen LogP contribution in [-0.4, -0.2) is 52.9 Å². The number of amides is 1. The van der Waals surface area contributed by atoms with Crippen LogP contribution in [0.2, 0.25) is 0 Å². The molecule has 8 nitrogen and oxygen atoms in total. The number of aromatic nitrogens is 4. The summed E-state index contributed by atoms with van der Waals surface area (Å²) in [5.74, 6) is 1.24. The molecule has 0 fully saturated rings. The van der Waals surface area contributed by atoms with Gasteiger partial charge < -0.3 is 15.4 Å². The van der Waals surface area contributed by atoms with Gasteiger partial charge in [0.1, 0.15) is 17.6 Å². The lowest BCUT2D eigenvalue weighted by Gasteiger charge is -2.19. The molecule has 9 heteroatoms. The predicted molar refractivity (Wildman–Crippen MR) is 97.1 cm³/mol. The second-order valence-electron chi connectivity index (χ2n) is 5.68. The van der Waals surface area contributed by atoms with E-state index in [9.17, 15) is 4.79 Å². The normalized spacial score (nSPS) is 12.8. The summed E-state index contributed by atoms with van der Waals surface area (Å²) in [6.07, 6.45) is 0.475. The molecule has 0 bridgehead atoms. The van der Waals surface area contributed by atoms with E-state index in [0.717, 1.165) is 11.3 Å². The predicted octanol–water partition coefficient (Wildman–Crippen LogP) is 0.920. The van der Waals surface area contributed by atoms with Gasteiger partial charge in [-0.25, -0.2) is 4.68 Å². The van der Waals surface area contributed by atoms with Crippen molar-refractivity contribution in [1.82, 2.24) is 30.8 Å². The Morgan fingerprint density at radius 3 is 2.76 bits per heavy atom. The second kappa shape index (κ2) is 9.95. The number of hydrogen-bond acceptors (Lipinski definition) is 6. The molecule has 0 aliphatic carbocycles. The topological polar surface area (TPSA) is 94.0 Å². The molecule has 1 heterocycles. The first-order chi connectivity index (χ1) is 11.5. The number of methoxy groups -OCH3 is 1. The fourth-order valence-corrected chi connectivity index (χ4v) is 2.31. The quantitative estimate of drug-likeness (QED) is 0.719. The maximum Gasteiger partial charge on any atom is 0.245 e. The SMILES string of the molecule is CNC(C)CNC(=O)C(Cc1cccc(OC)c1)n1nnnc1C.Cl. The van der Waals surface area contributed by atoms with Crippen molar-refractivity contribution >= 4 is 18.3 Å². The van der Waals surface area contributed by atoms with Crippen LogP contribution >= 0.6 is 12.4 Å². The van der Waals surface area contributed by atoms with Crippen molar-refractivity contribution in [3.05, 3.63) is 35.7 Å². The van der Waals surface area contributed by atoms with Crippen molar-refractivity contribution in [2.75, 3.05) is 20.7 Å². The van der Waals surface area contributed by atoms with Gasteiger partial charge in [0.05, 0.1) is 7.11 Å². The molecule has 1 amide bonds. The van der Waals surface area contributed by atoms with E-state index >= 15 is 0 Å². The van der Waals surface area contributed by atoms with Gasteiger partial charge in [-0.05, 0) is 49.0 Å². The van der Waals surface area contributed by atoms with Crippen LogP contribution in [-0.2, 0) is 11.2 Å². The van der Waals surface area contributed by atoms with Gasteiger partial charge >= 0.3 is 0 Å². The fraction of sp³-hybridized carbons (Fsp3) is 0.500. The third-order valence-electron chi connectivity index (χ3n) is 3.89. The van der Waals surface area contributed by atoms with Crippen LogP contribution in [0, 0.1) is 6.92 Å². The Kier molecular flexibility index (Phi) is 8.30. The summed E-state index contributed by atoms with van der Waals surface area (Å²) in [4.78, 5) is 12.7. The molecule has 0 radical (unpaired) electrons. The van der Waals surface area contributed by atoms with Crippen LogP contribution in [0.25, 0.3) is 0 Å². The van der Waals surface area contributed by atoms with Crippen molar-refractivity contribution < 1.29 is 9.53 Å². The first kappa shape index (κ1) is 20.9. The largest absolute Gasteiger partial charge is 0.497 e. The zero-order chi connectivity index (χ0) is 17.5. The number of rotatable bonds is 8. The Morgan fingerprint density at radius 1 is 1.40 bits per heavy atom. The maximum absolute atomic E-state index is 12.7. The van der Waals surface area contributed by atoms with Crippen molar-refractivity contribution in [2.45, 2.75) is 32.4 Å². The standard InChI is InChI=1S/C16H24N6O2.ClH/c1-11(17-3)10-18-16(23)15(22-12(2)19-20-21-22)9-13-6-5-7-14(8-13)24-4;/h5-8,11,15,17H,9-10H2,1-4H3,(H,18,23);1H. The Bertz CT molecular complexity index is 678. The highest BCUT2D eigenvalue weighted by molar-refractivity contribution is 5.85. The molecule has 0 saturated heterocycles. The van der Waals surface area contributed by atoms with E-state index in [0.29, 0.717) is 18.8 Å². The average Bonchev–Trinajstić information content (AvgIpc) is 3.03. The molecule has 138 valence electrons. The Morgan fingerprint density at radius 2 is 2.16 bits per heavy atom. The summed E-state index contributed by atoms with van der Waals surface area (Å²) in [7, 11) is 3.48. The van der Waals surface area contributed by atoms with Crippen molar-refractivity contribution in [3.8, 4) is 5.75 Å². The fourth-order valence-electron chi connectivity index (χ4n) is 2.31. The van der Waals surface area contributed by atoms with Crippen LogP contribution in [0.3, 0.4) is 0 Å². The molecule has 25 heavy (non-hydrogen) atoms. The van der Waals surface area contributed by atoms with Gasteiger partial charge in [0, 0.05) is 19.0 Å². The van der Waals surface area contributed by atoms with Gasteiger partial charge in [0.15, 0.2) is 0 Å². The lowest BCUT2D eigenvalue weighted by atomic mass is 10.0. The highest BCUT2D eigenvalue weighted by atomic mass is 35.5. The van der Waals surface area contributed by atoms with Gasteiger partial charge in [0.25, 0.3) is 0 Å². The van der Waals surface area contributed by atoms with E-state index < -0.39 is 6.04 Å². The summed E-state index contributed by atoms with van der Waals surface area (Å²) in [5.41, 5.74) is 0.978. The van der Waals surface area contributed by atoms with Gasteiger partial charge in [0.2, 0.25) is 5.91 Å². The van der Waals surface area contributed by atoms with Crippen LogP contribution in [0.15, 0.2) is 24.3 Å². The molecule has 0 aliphatic rings. The third-order valence-corrected chi connectivity index (χ3v) is 3.89. The van der Waals surface area contributed by atoms with Gasteiger partial charge in [-0.15, -0.1) is 17.5 Å². The van der Waals surface area contributed by atoms with Crippen molar-refractivity contribution in [3.63, 3.8) is 0 Å². The molecular weight excluding hydrogens is 344 g/mol. The van der Waals surface area contributed by atoms with E-state index in [1.807, 2.05) is 38.2 Å². The lowest BCUT2D eigenvalue weighted by molar-refractivity contribution is -0.124. The summed E-state index contributed by atoms with van der Waals surface area (Å²) < 4.78 is 6.80. The molecule has 2 N–H and O–H groups in total. The molecule has 2 rings (SSSR count). The zero-order valence-electron chi connectivity index (χ0n) is 14.9. The van der Waals surface area contributed by atoms with Crippen LogP contribution in [0.4, 0.5) is 0 Å². The number of likely N-dealkylation sites (N-methyl/N-ethyl adjacent to an activating group) is 1. The van der Waals surface area contributed by atoms with Gasteiger partial charge in [-0.1, -0.05) is 12.1 Å². The highest BCUT2D eigenvalue weighted by Gasteiger charge is 2.24. The number of tetrazole rings is 1. The number of halogens is 1. The van der Waals surface area contributed by atoms with E-state index in [1.54, 1.807) is 18.7 Å². The molecule has 0 saturated carbocycles. The number of benzene rings is 1. The summed E-state index contributed by atoms with van der Waals surface area (Å²) in [6, 6.07) is 7.31. The summed E-state index contributed by atoms with van der Waals surface area (Å²) >= 11 is 0. The molecule has 0 aliphatic heterocycles. The molecule has 2 atom stereocenters. The number of aryl methyl sites for hydroxylation is 1. The molecule has 1 aromatic heterocycles. The lowest BCUT2D eigenvalue weighted by Crippen LogP contribution is -2.41. The number of nitrogens with zero attached hydrogens (tertiary/aromatic N) is 4. The van der Waals surface area contributed by atoms with Crippen LogP contribution in [0.1, 0.15) is 24.4 Å². The number of ether oxygens (including phenoxy) is 1. The highest BCUT2D eigenvalue weighted by Crippen LogP contribution is 2.19. The van der Waals surface area contributed by atoms with E-state index in [4.69, 9.17) is 4.74 Å². The minimum Gasteiger partial charge on any atom is -0.497 e. The average molecular weight is 369 g/mol. The van der Waals surface area contributed by atoms with Crippen molar-refractivity contribution in [1.29, 1.82) is 0 Å². The Balaban J connectivity index is 0.00000312. The minimum absolute atomic E-state index is 0. The number of hydrogen-bond donors (Lipinski definition) is 2. The number of carbonyl (C=O) groups is 1. The minimum atomic E-state index is -0.517. The number of carbonyl (C=O) groups excluding carboxylic acids is 1. The zero-order valence-corrected chi connectivity index (χ0v) is 15.7. The molecule has 2 aromatic rings. The van der Waals surface area contributed by atoms with Crippen LogP contribution in [0.5, 0.6) is 5.75 Å². The molecular formula is C16H25ClN6O2.